The third-order valence-corrected chi connectivity index (χ3v) is 7.15. The number of likely N-dealkylation sites (tertiary alicyclic amines) is 1. The second-order valence-corrected chi connectivity index (χ2v) is 9.49. The third-order valence-electron chi connectivity index (χ3n) is 7.15. The second-order valence-electron chi connectivity index (χ2n) is 9.49. The normalized spacial score (nSPS) is 14.6. The highest BCUT2D eigenvalue weighted by molar-refractivity contribution is 6.25. The number of anilines is 1. The summed E-state index contributed by atoms with van der Waals surface area (Å²) >= 11 is 0. The molecule has 0 saturated carbocycles. The summed E-state index contributed by atoms with van der Waals surface area (Å²) in [5.74, 6) is 0.379. The minimum atomic E-state index is -0.118. The fraction of sp³-hybridized carbons (Fsp3) is 0.286. The number of carbonyl (C=O) groups excluding carboxylic acids is 1. The monoisotopic (exact) mass is 452 g/mol. The van der Waals surface area contributed by atoms with Gasteiger partial charge >= 0.3 is 0 Å². The van der Waals surface area contributed by atoms with Gasteiger partial charge in [-0.3, -0.25) is 9.69 Å². The lowest BCUT2D eigenvalue weighted by atomic mass is 9.99. The molecule has 34 heavy (non-hydrogen) atoms. The largest absolute Gasteiger partial charge is 0.455 e. The summed E-state index contributed by atoms with van der Waals surface area (Å²) < 4.78 is 6.21. The molecule has 2 bridgehead atoms. The molecule has 3 aromatic heterocycles. The van der Waals surface area contributed by atoms with Crippen LogP contribution in [-0.2, 0) is 13.1 Å². The highest BCUT2D eigenvalue weighted by atomic mass is 16.3. The van der Waals surface area contributed by atoms with Crippen molar-refractivity contribution >= 4 is 44.4 Å². The van der Waals surface area contributed by atoms with Crippen LogP contribution >= 0.6 is 0 Å². The van der Waals surface area contributed by atoms with Crippen molar-refractivity contribution in [1.29, 1.82) is 0 Å². The van der Waals surface area contributed by atoms with E-state index in [1.807, 2.05) is 38.1 Å². The van der Waals surface area contributed by atoms with Crippen LogP contribution in [0.1, 0.15) is 45.6 Å². The van der Waals surface area contributed by atoms with E-state index in [2.05, 4.69) is 33.4 Å². The molecule has 1 saturated heterocycles. The minimum absolute atomic E-state index is 0.118. The topological polar surface area (TPSA) is 84.4 Å². The Morgan fingerprint density at radius 2 is 1.71 bits per heavy atom. The van der Waals surface area contributed by atoms with Crippen LogP contribution in [-0.4, -0.2) is 28.9 Å². The first-order valence-electron chi connectivity index (χ1n) is 11.9. The number of nitrogens with zero attached hydrogens (tertiary/aromatic N) is 2. The Bertz CT molecular complexity index is 1520. The number of furan rings is 2. The lowest BCUT2D eigenvalue weighted by Gasteiger charge is -2.14. The van der Waals surface area contributed by atoms with Gasteiger partial charge < -0.3 is 15.5 Å². The first-order valence-corrected chi connectivity index (χ1v) is 11.9. The van der Waals surface area contributed by atoms with Gasteiger partial charge in [0.25, 0.3) is 5.91 Å². The quantitative estimate of drug-likeness (QED) is 0.354. The number of hydrogen-bond donors (Lipinski definition) is 2. The van der Waals surface area contributed by atoms with Crippen LogP contribution in [0, 0.1) is 13.8 Å². The Labute approximate surface area is 198 Å². The van der Waals surface area contributed by atoms with E-state index in [9.17, 15) is 4.79 Å². The number of pyridine rings is 1. The van der Waals surface area contributed by atoms with Crippen molar-refractivity contribution in [3.05, 3.63) is 70.4 Å². The van der Waals surface area contributed by atoms with Gasteiger partial charge in [-0.05, 0) is 86.8 Å². The first kappa shape index (κ1) is 20.9. The maximum atomic E-state index is 13.0. The fourth-order valence-electron chi connectivity index (χ4n) is 5.38. The molecule has 1 fully saturated rings. The minimum Gasteiger partial charge on any atom is -0.455 e. The zero-order valence-corrected chi connectivity index (χ0v) is 19.6. The summed E-state index contributed by atoms with van der Waals surface area (Å²) in [6.45, 7) is 7.67. The number of aromatic nitrogens is 1. The molecule has 1 amide bonds. The Kier molecular flexibility index (Phi) is 4.92. The number of amides is 1. The lowest BCUT2D eigenvalue weighted by molar-refractivity contribution is 0.0951. The molecule has 172 valence electrons. The van der Waals surface area contributed by atoms with E-state index in [0.717, 1.165) is 56.1 Å². The molecule has 6 rings (SSSR count). The van der Waals surface area contributed by atoms with Gasteiger partial charge in [0.2, 0.25) is 0 Å². The Morgan fingerprint density at radius 1 is 1.00 bits per heavy atom. The Balaban J connectivity index is 1.28. The van der Waals surface area contributed by atoms with Crippen LogP contribution in [0.25, 0.3) is 32.7 Å². The van der Waals surface area contributed by atoms with Gasteiger partial charge in [-0.25, -0.2) is 4.98 Å². The third kappa shape index (κ3) is 3.46. The van der Waals surface area contributed by atoms with E-state index in [1.54, 1.807) is 0 Å². The smallest absolute Gasteiger partial charge is 0.251 e. The number of nitrogens with two attached hydrogens (primary N) is 1. The van der Waals surface area contributed by atoms with Gasteiger partial charge in [-0.2, -0.15) is 0 Å². The predicted octanol–water partition coefficient (Wildman–Crippen LogP) is 5.30. The van der Waals surface area contributed by atoms with E-state index in [1.165, 1.54) is 31.5 Å². The number of aryl methyl sites for hydroxylation is 2. The van der Waals surface area contributed by atoms with Gasteiger partial charge in [0.1, 0.15) is 17.0 Å². The van der Waals surface area contributed by atoms with Crippen LogP contribution in [0.2, 0.25) is 0 Å². The SMILES string of the molecule is Cc1cc(N)nc(C)c1CNC(=O)c1ccc2c(c1)c1oc2c2cc(CN3CCCC3)ccc21. The molecular formula is C28H28N4O2. The average Bonchev–Trinajstić information content (AvgIpc) is 3.54. The zero-order chi connectivity index (χ0) is 23.4. The molecule has 0 spiro atoms. The average molecular weight is 453 g/mol. The number of benzene rings is 3. The summed E-state index contributed by atoms with van der Waals surface area (Å²) in [6.07, 6.45) is 2.59. The van der Waals surface area contributed by atoms with Crippen molar-refractivity contribution < 1.29 is 9.21 Å². The molecule has 6 heteroatoms. The maximum absolute atomic E-state index is 13.0. The van der Waals surface area contributed by atoms with E-state index in [-0.39, 0.29) is 5.91 Å². The van der Waals surface area contributed by atoms with Crippen molar-refractivity contribution in [2.45, 2.75) is 39.8 Å². The molecular weight excluding hydrogens is 424 g/mol. The maximum Gasteiger partial charge on any atom is 0.251 e. The van der Waals surface area contributed by atoms with E-state index in [0.29, 0.717) is 17.9 Å². The van der Waals surface area contributed by atoms with Crippen LogP contribution in [0.5, 0.6) is 0 Å². The van der Waals surface area contributed by atoms with Crippen molar-refractivity contribution in [2.75, 3.05) is 18.8 Å². The van der Waals surface area contributed by atoms with Crippen molar-refractivity contribution in [3.63, 3.8) is 0 Å². The molecule has 1 aliphatic rings. The molecule has 5 aromatic rings. The Morgan fingerprint density at radius 3 is 2.44 bits per heavy atom. The van der Waals surface area contributed by atoms with E-state index >= 15 is 0 Å². The molecule has 1 aliphatic heterocycles. The molecule has 6 nitrogen and oxygen atoms in total. The number of rotatable bonds is 5. The zero-order valence-electron chi connectivity index (χ0n) is 19.6. The molecule has 0 unspecified atom stereocenters. The molecule has 0 atom stereocenters. The second kappa shape index (κ2) is 7.99. The summed E-state index contributed by atoms with van der Waals surface area (Å²) in [6, 6.07) is 14.3. The molecule has 0 aliphatic carbocycles. The van der Waals surface area contributed by atoms with Gasteiger partial charge in [0.15, 0.2) is 0 Å². The molecule has 2 aromatic carbocycles. The predicted molar refractivity (Wildman–Crippen MR) is 136 cm³/mol. The number of hydrogen-bond acceptors (Lipinski definition) is 5. The van der Waals surface area contributed by atoms with Crippen LogP contribution in [0.3, 0.4) is 0 Å². The van der Waals surface area contributed by atoms with Gasteiger partial charge in [0, 0.05) is 45.9 Å². The standard InChI is InChI=1S/C28H28N4O2/c1-16-11-25(29)31-17(2)24(16)14-30-28(33)19-6-8-21-23(13-19)27-20-7-5-18(12-22(20)26(21)34-27)15-32-9-3-4-10-32/h5-8,11-13H,3-4,9-10,14-15H2,1-2H3,(H2,29,31)(H,30,33). The van der Waals surface area contributed by atoms with Crippen LogP contribution in [0.4, 0.5) is 5.82 Å². The summed E-state index contributed by atoms with van der Waals surface area (Å²) in [4.78, 5) is 19.8. The Hall–Kier alpha value is -3.64. The molecule has 4 heterocycles. The number of nitrogens with one attached hydrogen (secondary N) is 1. The highest BCUT2D eigenvalue weighted by Crippen LogP contribution is 2.41. The summed E-state index contributed by atoms with van der Waals surface area (Å²) in [7, 11) is 0. The van der Waals surface area contributed by atoms with Gasteiger partial charge in [-0.15, -0.1) is 0 Å². The highest BCUT2D eigenvalue weighted by Gasteiger charge is 2.20. The lowest BCUT2D eigenvalue weighted by Crippen LogP contribution is -2.24. The number of carbonyl (C=O) groups is 1. The van der Waals surface area contributed by atoms with Gasteiger partial charge in [0.05, 0.1) is 0 Å². The van der Waals surface area contributed by atoms with Crippen molar-refractivity contribution in [2.24, 2.45) is 0 Å². The van der Waals surface area contributed by atoms with E-state index < -0.39 is 0 Å². The first-order chi connectivity index (χ1) is 16.5. The summed E-state index contributed by atoms with van der Waals surface area (Å²) in [5.41, 5.74) is 12.4. The van der Waals surface area contributed by atoms with Crippen LogP contribution < -0.4 is 11.1 Å². The van der Waals surface area contributed by atoms with Crippen molar-refractivity contribution in [1.82, 2.24) is 15.2 Å². The van der Waals surface area contributed by atoms with Gasteiger partial charge in [-0.1, -0.05) is 12.1 Å². The number of nitrogen functional groups attached to an aromatic ring is 1. The summed E-state index contributed by atoms with van der Waals surface area (Å²) in [5, 5.41) is 7.36. The molecule has 0 radical (unpaired) electrons. The van der Waals surface area contributed by atoms with Crippen LogP contribution in [0.15, 0.2) is 46.9 Å². The fourth-order valence-corrected chi connectivity index (χ4v) is 5.38. The van der Waals surface area contributed by atoms with E-state index in [4.69, 9.17) is 10.2 Å². The number of fused-ring (bicyclic) bond motifs is 8. The molecule has 3 N–H and O–H groups in total. The van der Waals surface area contributed by atoms with Crippen molar-refractivity contribution in [3.8, 4) is 0 Å².